The standard InChI is InChI=1S/C39H47F3N6O5/c1-6-17-47(18-7-2)25(3)37(49)44-26-14-19-48(20-15-26)33-12-11-28(22-31(33)39(40,41)42)46-38(50)45-27-9-8-10-29(21-27)53-34-13-16-43-32-24-36(52-5)35(51-4)23-30(32)34/h8-13,16,21-26H,6-7,14-15,17-20H2,1-5H3,(H,44,49)(H2,45,46,50)/t25-/m0/s1. The Morgan fingerprint density at radius 3 is 2.21 bits per heavy atom. The van der Waals surface area contributed by atoms with Crippen LogP contribution in [0.5, 0.6) is 23.0 Å². The summed E-state index contributed by atoms with van der Waals surface area (Å²) in [7, 11) is 3.07. The number of piperidine rings is 1. The van der Waals surface area contributed by atoms with Crippen LogP contribution in [-0.4, -0.2) is 74.3 Å². The van der Waals surface area contributed by atoms with Crippen molar-refractivity contribution in [2.24, 2.45) is 0 Å². The van der Waals surface area contributed by atoms with E-state index >= 15 is 0 Å². The van der Waals surface area contributed by atoms with Gasteiger partial charge in [0, 0.05) is 59.9 Å². The summed E-state index contributed by atoms with van der Waals surface area (Å²) in [6, 6.07) is 14.4. The number of carbonyl (C=O) groups excluding carboxylic acids is 2. The Balaban J connectivity index is 1.22. The van der Waals surface area contributed by atoms with E-state index in [0.717, 1.165) is 32.0 Å². The monoisotopic (exact) mass is 736 g/mol. The minimum Gasteiger partial charge on any atom is -0.493 e. The number of rotatable bonds is 14. The zero-order valence-corrected chi connectivity index (χ0v) is 30.7. The number of hydrogen-bond donors (Lipinski definition) is 3. The second-order valence-corrected chi connectivity index (χ2v) is 13.0. The number of methoxy groups -OCH3 is 2. The predicted octanol–water partition coefficient (Wildman–Crippen LogP) is 8.30. The molecule has 0 aliphatic carbocycles. The number of amides is 3. The van der Waals surface area contributed by atoms with Gasteiger partial charge < -0.3 is 35.1 Å². The third kappa shape index (κ3) is 9.80. The number of halogens is 3. The molecule has 3 N–H and O–H groups in total. The fraction of sp³-hybridized carbons (Fsp3) is 0.410. The Labute approximate surface area is 307 Å². The number of pyridine rings is 1. The van der Waals surface area contributed by atoms with Crippen LogP contribution >= 0.6 is 0 Å². The number of urea groups is 1. The van der Waals surface area contributed by atoms with Crippen molar-refractivity contribution in [1.29, 1.82) is 0 Å². The molecule has 1 aromatic heterocycles. The highest BCUT2D eigenvalue weighted by atomic mass is 19.4. The Bertz CT molecular complexity index is 1880. The lowest BCUT2D eigenvalue weighted by atomic mass is 10.0. The third-order valence-corrected chi connectivity index (χ3v) is 9.22. The van der Waals surface area contributed by atoms with Gasteiger partial charge in [0.2, 0.25) is 5.91 Å². The molecule has 5 rings (SSSR count). The topological polar surface area (TPSA) is 117 Å². The Morgan fingerprint density at radius 2 is 1.57 bits per heavy atom. The first-order chi connectivity index (χ1) is 25.4. The lowest BCUT2D eigenvalue weighted by molar-refractivity contribution is -0.137. The molecule has 3 aromatic carbocycles. The highest BCUT2D eigenvalue weighted by molar-refractivity contribution is 6.00. The number of carbonyl (C=O) groups is 2. The summed E-state index contributed by atoms with van der Waals surface area (Å²) < 4.78 is 60.0. The lowest BCUT2D eigenvalue weighted by Crippen LogP contribution is -2.51. The molecule has 3 amide bonds. The van der Waals surface area contributed by atoms with Gasteiger partial charge in [-0.15, -0.1) is 0 Å². The second-order valence-electron chi connectivity index (χ2n) is 13.0. The molecule has 0 unspecified atom stereocenters. The number of fused-ring (bicyclic) bond motifs is 1. The van der Waals surface area contributed by atoms with Crippen LogP contribution in [0.3, 0.4) is 0 Å². The van der Waals surface area contributed by atoms with E-state index in [0.29, 0.717) is 65.5 Å². The maximum atomic E-state index is 14.4. The van der Waals surface area contributed by atoms with Gasteiger partial charge in [0.25, 0.3) is 0 Å². The van der Waals surface area contributed by atoms with Gasteiger partial charge in [-0.05, 0) is 88.2 Å². The third-order valence-electron chi connectivity index (χ3n) is 9.22. The minimum atomic E-state index is -4.66. The van der Waals surface area contributed by atoms with E-state index in [4.69, 9.17) is 14.2 Å². The smallest absolute Gasteiger partial charge is 0.418 e. The van der Waals surface area contributed by atoms with Gasteiger partial charge in [-0.3, -0.25) is 14.7 Å². The quantitative estimate of drug-likeness (QED) is 0.118. The number of nitrogens with zero attached hydrogens (tertiary/aromatic N) is 3. The fourth-order valence-corrected chi connectivity index (χ4v) is 6.54. The molecule has 0 bridgehead atoms. The largest absolute Gasteiger partial charge is 0.493 e. The minimum absolute atomic E-state index is 0.0153. The first kappa shape index (κ1) is 39.0. The van der Waals surface area contributed by atoms with Gasteiger partial charge in [0.1, 0.15) is 11.5 Å². The van der Waals surface area contributed by atoms with Gasteiger partial charge in [-0.2, -0.15) is 13.2 Å². The maximum absolute atomic E-state index is 14.4. The number of alkyl halides is 3. The van der Waals surface area contributed by atoms with Crippen LogP contribution < -0.4 is 35.1 Å². The summed E-state index contributed by atoms with van der Waals surface area (Å²) in [5.74, 6) is 1.86. The summed E-state index contributed by atoms with van der Waals surface area (Å²) in [4.78, 5) is 34.2. The van der Waals surface area contributed by atoms with Gasteiger partial charge >= 0.3 is 12.2 Å². The molecule has 0 radical (unpaired) electrons. The summed E-state index contributed by atoms with van der Waals surface area (Å²) in [6.45, 7) is 8.40. The number of aromatic nitrogens is 1. The second kappa shape index (κ2) is 17.5. The van der Waals surface area contributed by atoms with Crippen LogP contribution in [0.1, 0.15) is 52.0 Å². The van der Waals surface area contributed by atoms with Crippen molar-refractivity contribution >= 4 is 39.9 Å². The Kier molecular flexibility index (Phi) is 12.9. The summed E-state index contributed by atoms with van der Waals surface area (Å²) in [5, 5.41) is 8.97. The van der Waals surface area contributed by atoms with E-state index in [-0.39, 0.29) is 29.4 Å². The van der Waals surface area contributed by atoms with Crippen molar-refractivity contribution in [2.75, 3.05) is 55.9 Å². The van der Waals surface area contributed by atoms with E-state index < -0.39 is 17.8 Å². The molecule has 0 spiro atoms. The molecule has 1 atom stereocenters. The Morgan fingerprint density at radius 1 is 0.906 bits per heavy atom. The van der Waals surface area contributed by atoms with E-state index in [9.17, 15) is 22.8 Å². The lowest BCUT2D eigenvalue weighted by Gasteiger charge is -2.36. The van der Waals surface area contributed by atoms with Crippen LogP contribution in [0.15, 0.2) is 66.9 Å². The number of hydrogen-bond acceptors (Lipinski definition) is 8. The summed E-state index contributed by atoms with van der Waals surface area (Å²) in [6.07, 6.45) is -0.146. The van der Waals surface area contributed by atoms with Crippen molar-refractivity contribution < 1.29 is 37.0 Å². The highest BCUT2D eigenvalue weighted by Gasteiger charge is 2.36. The molecule has 4 aromatic rings. The van der Waals surface area contributed by atoms with Crippen molar-refractivity contribution in [1.82, 2.24) is 15.2 Å². The zero-order chi connectivity index (χ0) is 38.1. The number of anilines is 3. The van der Waals surface area contributed by atoms with Gasteiger partial charge in [0.05, 0.1) is 31.3 Å². The molecule has 1 aliphatic heterocycles. The van der Waals surface area contributed by atoms with Crippen LogP contribution in [-0.2, 0) is 11.0 Å². The molecular formula is C39H47F3N6O5. The van der Waals surface area contributed by atoms with Crippen molar-refractivity contribution in [3.05, 3.63) is 72.4 Å². The zero-order valence-electron chi connectivity index (χ0n) is 30.7. The predicted molar refractivity (Wildman–Crippen MR) is 200 cm³/mol. The molecular weight excluding hydrogens is 689 g/mol. The van der Waals surface area contributed by atoms with E-state index in [1.165, 1.54) is 26.4 Å². The molecule has 2 heterocycles. The SMILES string of the molecule is CCCN(CCC)[C@@H](C)C(=O)NC1CCN(c2ccc(NC(=O)Nc3cccc(Oc4ccnc5cc(OC)c(OC)cc45)c3)cc2C(F)(F)F)CC1. The molecule has 1 saturated heterocycles. The number of nitrogens with one attached hydrogen (secondary N) is 3. The fourth-order valence-electron chi connectivity index (χ4n) is 6.54. The average molecular weight is 737 g/mol. The van der Waals surface area contributed by atoms with Crippen LogP contribution in [0, 0.1) is 0 Å². The molecule has 53 heavy (non-hydrogen) atoms. The first-order valence-electron chi connectivity index (χ1n) is 17.8. The molecule has 0 saturated carbocycles. The summed E-state index contributed by atoms with van der Waals surface area (Å²) >= 11 is 0. The number of ether oxygens (including phenoxy) is 3. The van der Waals surface area contributed by atoms with E-state index in [2.05, 4.69) is 39.7 Å². The molecule has 1 fully saturated rings. The maximum Gasteiger partial charge on any atom is 0.418 e. The molecule has 284 valence electrons. The summed E-state index contributed by atoms with van der Waals surface area (Å²) in [5.41, 5.74) is 0.146. The van der Waals surface area contributed by atoms with Gasteiger partial charge in [-0.25, -0.2) is 4.79 Å². The van der Waals surface area contributed by atoms with Crippen LogP contribution in [0.25, 0.3) is 10.9 Å². The van der Waals surface area contributed by atoms with Crippen molar-refractivity contribution in [2.45, 2.75) is 64.7 Å². The molecule has 14 heteroatoms. The van der Waals surface area contributed by atoms with Crippen molar-refractivity contribution in [3.8, 4) is 23.0 Å². The van der Waals surface area contributed by atoms with Crippen molar-refractivity contribution in [3.63, 3.8) is 0 Å². The van der Waals surface area contributed by atoms with E-state index in [1.54, 1.807) is 53.6 Å². The molecule has 11 nitrogen and oxygen atoms in total. The average Bonchev–Trinajstić information content (AvgIpc) is 3.14. The number of benzene rings is 3. The highest BCUT2D eigenvalue weighted by Crippen LogP contribution is 2.40. The van der Waals surface area contributed by atoms with Crippen LogP contribution in [0.2, 0.25) is 0 Å². The molecule has 1 aliphatic rings. The van der Waals surface area contributed by atoms with E-state index in [1.807, 2.05) is 6.92 Å². The Hall–Kier alpha value is -5.24. The van der Waals surface area contributed by atoms with Crippen LogP contribution in [0.4, 0.5) is 35.0 Å². The van der Waals surface area contributed by atoms with Gasteiger partial charge in [-0.1, -0.05) is 19.9 Å². The normalized spacial score (nSPS) is 14.2. The van der Waals surface area contributed by atoms with Gasteiger partial charge in [0.15, 0.2) is 11.5 Å². The first-order valence-corrected chi connectivity index (χ1v) is 17.8.